The molecule has 1 atom stereocenters. The van der Waals surface area contributed by atoms with Gasteiger partial charge in [-0.05, 0) is 53.8 Å². The molecule has 0 saturated carbocycles. The average Bonchev–Trinajstić information content (AvgIpc) is 3.40. The van der Waals surface area contributed by atoms with Gasteiger partial charge in [0.2, 0.25) is 5.95 Å². The molecule has 1 aliphatic rings. The Balaban J connectivity index is 1.75. The molecule has 1 saturated heterocycles. The van der Waals surface area contributed by atoms with Gasteiger partial charge in [0, 0.05) is 0 Å². The number of imidazole rings is 1. The minimum absolute atomic E-state index is 0.0767. The number of ether oxygens (including phenoxy) is 1. The first-order valence-corrected chi connectivity index (χ1v) is 12.2. The molecular weight excluding hydrogens is 485 g/mol. The van der Waals surface area contributed by atoms with E-state index in [9.17, 15) is 19.1 Å². The molecule has 1 fully saturated rings. The first kappa shape index (κ1) is 25.2. The second-order valence-electron chi connectivity index (χ2n) is 10.5. The van der Waals surface area contributed by atoms with E-state index in [0.717, 1.165) is 11.1 Å². The summed E-state index contributed by atoms with van der Waals surface area (Å²) in [6.45, 7) is 8.12. The summed E-state index contributed by atoms with van der Waals surface area (Å²) in [6, 6.07) is 15.8. The van der Waals surface area contributed by atoms with Crippen LogP contribution in [0.2, 0.25) is 0 Å². The van der Waals surface area contributed by atoms with Gasteiger partial charge in [0.25, 0.3) is 5.78 Å². The second kappa shape index (κ2) is 9.13. The highest BCUT2D eigenvalue weighted by atomic mass is 19.1. The van der Waals surface area contributed by atoms with Crippen LogP contribution in [-0.2, 0) is 15.0 Å². The highest BCUT2D eigenvalue weighted by Crippen LogP contribution is 2.43. The topological polar surface area (TPSA) is 95.5 Å². The van der Waals surface area contributed by atoms with Gasteiger partial charge < -0.3 is 14.8 Å². The van der Waals surface area contributed by atoms with E-state index >= 15 is 0 Å². The summed E-state index contributed by atoms with van der Waals surface area (Å²) in [6.07, 6.45) is 0. The minimum atomic E-state index is -0.986. The number of fused-ring (bicyclic) bond motifs is 1. The van der Waals surface area contributed by atoms with Crippen molar-refractivity contribution in [2.45, 2.75) is 39.2 Å². The fourth-order valence-electron chi connectivity index (χ4n) is 4.77. The normalized spacial score (nSPS) is 17.4. The van der Waals surface area contributed by atoms with E-state index < -0.39 is 23.5 Å². The number of carbonyl (C=O) groups excluding carboxylic acids is 2. The van der Waals surface area contributed by atoms with Crippen LogP contribution in [0.4, 0.5) is 10.3 Å². The van der Waals surface area contributed by atoms with Crippen molar-refractivity contribution in [1.29, 1.82) is 0 Å². The lowest BCUT2D eigenvalue weighted by Crippen LogP contribution is -2.30. The monoisotopic (exact) mass is 513 g/mol. The molecule has 0 spiro atoms. The summed E-state index contributed by atoms with van der Waals surface area (Å²) in [4.78, 5) is 35.7. The number of nitrogens with one attached hydrogen (secondary N) is 1. The van der Waals surface area contributed by atoms with Gasteiger partial charge in [-0.25, -0.2) is 9.37 Å². The summed E-state index contributed by atoms with van der Waals surface area (Å²) in [5, 5.41) is 11.5. The van der Waals surface area contributed by atoms with Crippen LogP contribution in [0, 0.1) is 12.7 Å². The van der Waals surface area contributed by atoms with Crippen LogP contribution in [0.1, 0.15) is 49.1 Å². The van der Waals surface area contributed by atoms with Gasteiger partial charge in [0.1, 0.15) is 17.3 Å². The van der Waals surface area contributed by atoms with E-state index in [-0.39, 0.29) is 22.7 Å². The molecule has 1 unspecified atom stereocenters. The van der Waals surface area contributed by atoms with E-state index in [1.807, 2.05) is 37.3 Å². The number of halogens is 1. The molecule has 2 heterocycles. The molecule has 8 heteroatoms. The van der Waals surface area contributed by atoms with E-state index in [4.69, 9.17) is 4.74 Å². The van der Waals surface area contributed by atoms with Crippen molar-refractivity contribution in [3.63, 3.8) is 0 Å². The van der Waals surface area contributed by atoms with Crippen molar-refractivity contribution in [2.75, 3.05) is 12.0 Å². The molecule has 194 valence electrons. The summed E-state index contributed by atoms with van der Waals surface area (Å²) in [5.41, 5.74) is 3.43. The van der Waals surface area contributed by atoms with Gasteiger partial charge in [-0.15, -0.1) is 0 Å². The first-order valence-electron chi connectivity index (χ1n) is 12.2. The molecule has 1 amide bonds. The number of aromatic amines is 1. The molecule has 0 aliphatic carbocycles. The molecule has 0 radical (unpaired) electrons. The predicted molar refractivity (Wildman–Crippen MR) is 144 cm³/mol. The van der Waals surface area contributed by atoms with Gasteiger partial charge in [0.05, 0.1) is 35.3 Å². The van der Waals surface area contributed by atoms with Crippen LogP contribution in [0.5, 0.6) is 5.75 Å². The standard InChI is InChI=1S/C30H28FN3O4/c1-16-6-13-23(38-5)20(14-16)26(35)24-25(17-7-9-18(10-8-17)30(2,3)4)34(28(37)27(24)36)29-32-21-12-11-19(31)15-22(21)33-29/h6-15,25,35H,1-5H3,(H,32,33)/b26-24+. The third kappa shape index (κ3) is 4.22. The zero-order chi connectivity index (χ0) is 27.4. The van der Waals surface area contributed by atoms with E-state index in [1.165, 1.54) is 30.2 Å². The number of benzene rings is 3. The van der Waals surface area contributed by atoms with Crippen LogP contribution in [-0.4, -0.2) is 33.9 Å². The number of carbonyl (C=O) groups is 2. The summed E-state index contributed by atoms with van der Waals surface area (Å²) in [7, 11) is 1.47. The number of aryl methyl sites for hydroxylation is 1. The van der Waals surface area contributed by atoms with Crippen molar-refractivity contribution in [3.05, 3.63) is 94.3 Å². The molecule has 38 heavy (non-hydrogen) atoms. The number of hydrogen-bond acceptors (Lipinski definition) is 5. The Kier molecular flexibility index (Phi) is 6.06. The molecule has 1 aliphatic heterocycles. The summed E-state index contributed by atoms with van der Waals surface area (Å²) < 4.78 is 19.3. The second-order valence-corrected chi connectivity index (χ2v) is 10.5. The maximum absolute atomic E-state index is 13.9. The lowest BCUT2D eigenvalue weighted by atomic mass is 9.85. The third-order valence-corrected chi connectivity index (χ3v) is 6.81. The van der Waals surface area contributed by atoms with Crippen LogP contribution < -0.4 is 9.64 Å². The Morgan fingerprint density at radius 1 is 1.05 bits per heavy atom. The lowest BCUT2D eigenvalue weighted by Gasteiger charge is -2.25. The number of anilines is 1. The SMILES string of the molecule is COc1ccc(C)cc1/C(O)=C1\C(=O)C(=O)N(c2nc3ccc(F)cc3[nH]2)C1c1ccc(C(C)(C)C)cc1. The Bertz CT molecular complexity index is 1610. The molecule has 1 aromatic heterocycles. The largest absolute Gasteiger partial charge is 0.507 e. The number of nitrogens with zero attached hydrogens (tertiary/aromatic N) is 2. The summed E-state index contributed by atoms with van der Waals surface area (Å²) in [5.74, 6) is -2.09. The quantitative estimate of drug-likeness (QED) is 0.200. The highest BCUT2D eigenvalue weighted by molar-refractivity contribution is 6.51. The average molecular weight is 514 g/mol. The van der Waals surface area contributed by atoms with Gasteiger partial charge in [-0.2, -0.15) is 0 Å². The van der Waals surface area contributed by atoms with Crippen molar-refractivity contribution < 1.29 is 23.8 Å². The lowest BCUT2D eigenvalue weighted by molar-refractivity contribution is -0.132. The number of amides is 1. The predicted octanol–water partition coefficient (Wildman–Crippen LogP) is 5.94. The van der Waals surface area contributed by atoms with Crippen molar-refractivity contribution in [2.24, 2.45) is 0 Å². The van der Waals surface area contributed by atoms with Gasteiger partial charge in [-0.3, -0.25) is 14.5 Å². The highest BCUT2D eigenvalue weighted by Gasteiger charge is 2.48. The number of methoxy groups -OCH3 is 1. The molecule has 2 N–H and O–H groups in total. The zero-order valence-electron chi connectivity index (χ0n) is 21.8. The number of hydrogen-bond donors (Lipinski definition) is 2. The first-order chi connectivity index (χ1) is 18.0. The number of H-pyrrole nitrogens is 1. The minimum Gasteiger partial charge on any atom is -0.507 e. The van der Waals surface area contributed by atoms with E-state index in [1.54, 1.807) is 12.1 Å². The van der Waals surface area contributed by atoms with Crippen LogP contribution in [0.25, 0.3) is 16.8 Å². The number of aromatic nitrogens is 2. The number of aliphatic hydroxyl groups excluding tert-OH is 1. The van der Waals surface area contributed by atoms with E-state index in [2.05, 4.69) is 30.7 Å². The molecule has 0 bridgehead atoms. The maximum atomic E-state index is 13.9. The third-order valence-electron chi connectivity index (χ3n) is 6.81. The fourth-order valence-corrected chi connectivity index (χ4v) is 4.77. The zero-order valence-corrected chi connectivity index (χ0v) is 21.8. The molecule has 7 nitrogen and oxygen atoms in total. The van der Waals surface area contributed by atoms with Gasteiger partial charge in [0.15, 0.2) is 0 Å². The van der Waals surface area contributed by atoms with Crippen molar-refractivity contribution in [3.8, 4) is 5.75 Å². The number of aliphatic hydroxyl groups is 1. The molecule has 3 aromatic carbocycles. The van der Waals surface area contributed by atoms with Crippen molar-refractivity contribution >= 4 is 34.4 Å². The Morgan fingerprint density at radius 3 is 2.42 bits per heavy atom. The number of ketones is 1. The molecular formula is C30H28FN3O4. The van der Waals surface area contributed by atoms with E-state index in [0.29, 0.717) is 27.9 Å². The Morgan fingerprint density at radius 2 is 1.76 bits per heavy atom. The van der Waals surface area contributed by atoms with Crippen LogP contribution in [0.3, 0.4) is 0 Å². The van der Waals surface area contributed by atoms with Gasteiger partial charge in [-0.1, -0.05) is 56.7 Å². The summed E-state index contributed by atoms with van der Waals surface area (Å²) >= 11 is 0. The number of Topliss-reactive ketones (excluding diaryl/α,β-unsaturated/α-hetero) is 1. The maximum Gasteiger partial charge on any atom is 0.302 e. The number of rotatable bonds is 4. The smallest absolute Gasteiger partial charge is 0.302 e. The Labute approximate surface area is 219 Å². The Hall–Kier alpha value is -4.46. The van der Waals surface area contributed by atoms with Crippen LogP contribution >= 0.6 is 0 Å². The molecule has 4 aromatic rings. The molecule has 5 rings (SSSR count). The fraction of sp³-hybridized carbons (Fsp3) is 0.233. The van der Waals surface area contributed by atoms with Crippen molar-refractivity contribution in [1.82, 2.24) is 9.97 Å². The van der Waals surface area contributed by atoms with Crippen LogP contribution in [0.15, 0.2) is 66.2 Å². The van der Waals surface area contributed by atoms with Gasteiger partial charge >= 0.3 is 5.91 Å².